The van der Waals surface area contributed by atoms with E-state index in [0.717, 1.165) is 35.8 Å². The molecule has 0 N–H and O–H groups in total. The first-order valence-electron chi connectivity index (χ1n) is 9.28. The largest absolute Gasteiger partial charge is 0.493 e. The molecule has 0 radical (unpaired) electrons. The van der Waals surface area contributed by atoms with Crippen LogP contribution >= 0.6 is 0 Å². The van der Waals surface area contributed by atoms with Gasteiger partial charge in [-0.25, -0.2) is 0 Å². The molecule has 3 aromatic rings. The van der Waals surface area contributed by atoms with E-state index in [4.69, 9.17) is 23.5 Å². The maximum atomic E-state index is 5.42. The second-order valence-electron chi connectivity index (χ2n) is 6.76. The van der Waals surface area contributed by atoms with Crippen molar-refractivity contribution >= 4 is 0 Å². The van der Waals surface area contributed by atoms with Crippen LogP contribution in [0.3, 0.4) is 0 Å². The number of aromatic nitrogens is 2. The van der Waals surface area contributed by atoms with Crippen molar-refractivity contribution in [2.75, 3.05) is 34.6 Å². The van der Waals surface area contributed by atoms with Gasteiger partial charge >= 0.3 is 0 Å². The maximum absolute atomic E-state index is 5.42. The Bertz CT molecular complexity index is 988. The van der Waals surface area contributed by atoms with Gasteiger partial charge in [0.15, 0.2) is 23.0 Å². The zero-order valence-corrected chi connectivity index (χ0v) is 16.7. The van der Waals surface area contributed by atoms with E-state index in [0.29, 0.717) is 24.0 Å². The van der Waals surface area contributed by atoms with Gasteiger partial charge in [0.25, 0.3) is 0 Å². The van der Waals surface area contributed by atoms with Gasteiger partial charge in [0, 0.05) is 12.1 Å². The van der Waals surface area contributed by atoms with Crippen LogP contribution in [0.1, 0.15) is 11.5 Å². The minimum atomic E-state index is 0.237. The first-order valence-corrected chi connectivity index (χ1v) is 9.28. The monoisotopic (exact) mass is 397 g/mol. The molecule has 0 saturated carbocycles. The van der Waals surface area contributed by atoms with Crippen LogP contribution in [0.5, 0.6) is 23.0 Å². The minimum Gasteiger partial charge on any atom is -0.493 e. The van der Waals surface area contributed by atoms with Crippen molar-refractivity contribution in [3.8, 4) is 34.4 Å². The molecule has 152 valence electrons. The second-order valence-corrected chi connectivity index (χ2v) is 6.76. The van der Waals surface area contributed by atoms with Crippen LogP contribution in [-0.4, -0.2) is 49.6 Å². The topological polar surface area (TPSA) is 79.1 Å². The van der Waals surface area contributed by atoms with Crippen molar-refractivity contribution in [1.29, 1.82) is 0 Å². The molecule has 8 nitrogen and oxygen atoms in total. The fourth-order valence-electron chi connectivity index (χ4n) is 3.14. The highest BCUT2D eigenvalue weighted by atomic mass is 16.7. The molecule has 0 saturated heterocycles. The Morgan fingerprint density at radius 1 is 1.00 bits per heavy atom. The lowest BCUT2D eigenvalue weighted by molar-refractivity contribution is 0.174. The van der Waals surface area contributed by atoms with Gasteiger partial charge < -0.3 is 23.5 Å². The number of likely N-dealkylation sites (N-methyl/N-ethyl adjacent to an activating group) is 1. The van der Waals surface area contributed by atoms with Crippen LogP contribution in [-0.2, 0) is 13.0 Å². The van der Waals surface area contributed by atoms with Crippen LogP contribution in [0.4, 0.5) is 0 Å². The summed E-state index contributed by atoms with van der Waals surface area (Å²) in [7, 11) is 5.29. The molecular weight excluding hydrogens is 374 g/mol. The first-order chi connectivity index (χ1) is 14.2. The molecule has 0 bridgehead atoms. The molecule has 8 heteroatoms. The standard InChI is InChI=1S/C21H23N3O5/c1-24(9-8-14-4-6-16(25-2)18(10-14)26-3)12-20-22-21(23-29-20)15-5-7-17-19(11-15)28-13-27-17/h4-7,10-11H,8-9,12-13H2,1-3H3. The van der Waals surface area contributed by atoms with Crippen molar-refractivity contribution in [2.45, 2.75) is 13.0 Å². The Balaban J connectivity index is 1.35. The number of ether oxygens (including phenoxy) is 4. The van der Waals surface area contributed by atoms with Gasteiger partial charge in [-0.2, -0.15) is 4.98 Å². The summed E-state index contributed by atoms with van der Waals surface area (Å²) in [5.74, 6) is 3.98. The van der Waals surface area contributed by atoms with Crippen LogP contribution in [0.15, 0.2) is 40.9 Å². The third-order valence-electron chi connectivity index (χ3n) is 4.73. The molecule has 0 amide bonds. The Labute approximate surface area is 168 Å². The second kappa shape index (κ2) is 8.40. The van der Waals surface area contributed by atoms with Crippen molar-refractivity contribution in [2.24, 2.45) is 0 Å². The third kappa shape index (κ3) is 4.27. The number of hydrogen-bond donors (Lipinski definition) is 0. The zero-order valence-electron chi connectivity index (χ0n) is 16.7. The predicted molar refractivity (Wildman–Crippen MR) is 105 cm³/mol. The number of benzene rings is 2. The van der Waals surface area contributed by atoms with Crippen LogP contribution in [0, 0.1) is 0 Å². The van der Waals surface area contributed by atoms with E-state index < -0.39 is 0 Å². The summed E-state index contributed by atoms with van der Waals surface area (Å²) in [6, 6.07) is 11.6. The lowest BCUT2D eigenvalue weighted by atomic mass is 10.1. The third-order valence-corrected chi connectivity index (χ3v) is 4.73. The van der Waals surface area contributed by atoms with Gasteiger partial charge in [-0.3, -0.25) is 4.90 Å². The van der Waals surface area contributed by atoms with E-state index >= 15 is 0 Å². The molecule has 1 aliphatic rings. The van der Waals surface area contributed by atoms with E-state index in [-0.39, 0.29) is 6.79 Å². The predicted octanol–water partition coefficient (Wildman–Crippen LogP) is 3.16. The molecule has 2 heterocycles. The summed E-state index contributed by atoms with van der Waals surface area (Å²) in [5, 5.41) is 4.09. The molecule has 1 aromatic heterocycles. The molecule has 0 unspecified atom stereocenters. The van der Waals surface area contributed by atoms with E-state index in [2.05, 4.69) is 15.0 Å². The highest BCUT2D eigenvalue weighted by molar-refractivity contribution is 5.61. The number of methoxy groups -OCH3 is 2. The van der Waals surface area contributed by atoms with Gasteiger partial charge in [0.1, 0.15) is 0 Å². The van der Waals surface area contributed by atoms with Gasteiger partial charge in [-0.1, -0.05) is 11.2 Å². The van der Waals surface area contributed by atoms with E-state index in [9.17, 15) is 0 Å². The molecule has 0 spiro atoms. The Kier molecular flexibility index (Phi) is 5.53. The van der Waals surface area contributed by atoms with E-state index in [1.807, 2.05) is 43.4 Å². The molecule has 0 aliphatic carbocycles. The zero-order chi connectivity index (χ0) is 20.2. The summed E-state index contributed by atoms with van der Waals surface area (Å²) < 4.78 is 26.8. The molecule has 2 aromatic carbocycles. The lowest BCUT2D eigenvalue weighted by Gasteiger charge is -2.15. The summed E-state index contributed by atoms with van der Waals surface area (Å²) >= 11 is 0. The smallest absolute Gasteiger partial charge is 0.241 e. The van der Waals surface area contributed by atoms with E-state index in [1.165, 1.54) is 5.56 Å². The lowest BCUT2D eigenvalue weighted by Crippen LogP contribution is -2.21. The normalized spacial score (nSPS) is 12.4. The van der Waals surface area contributed by atoms with Gasteiger partial charge in [-0.15, -0.1) is 0 Å². The average Bonchev–Trinajstić information content (AvgIpc) is 3.40. The van der Waals surface area contributed by atoms with Gasteiger partial charge in [0.05, 0.1) is 20.8 Å². The SMILES string of the molecule is COc1ccc(CCN(C)Cc2nc(-c3ccc4c(c3)OCO4)no2)cc1OC. The van der Waals surface area contributed by atoms with Gasteiger partial charge in [0.2, 0.25) is 18.5 Å². The molecule has 29 heavy (non-hydrogen) atoms. The summed E-state index contributed by atoms with van der Waals surface area (Å²) in [6.45, 7) is 1.63. The van der Waals surface area contributed by atoms with Crippen molar-refractivity contribution in [3.63, 3.8) is 0 Å². The number of fused-ring (bicyclic) bond motifs is 1. The van der Waals surface area contributed by atoms with Crippen molar-refractivity contribution < 1.29 is 23.5 Å². The maximum Gasteiger partial charge on any atom is 0.241 e. The number of nitrogens with zero attached hydrogens (tertiary/aromatic N) is 3. The number of rotatable bonds is 8. The summed E-state index contributed by atoms with van der Waals surface area (Å²) in [5.41, 5.74) is 2.00. The molecular formula is C21H23N3O5. The van der Waals surface area contributed by atoms with Gasteiger partial charge in [-0.05, 0) is 49.4 Å². The highest BCUT2D eigenvalue weighted by Gasteiger charge is 2.17. The Morgan fingerprint density at radius 3 is 2.66 bits per heavy atom. The van der Waals surface area contributed by atoms with Crippen LogP contribution < -0.4 is 18.9 Å². The summed E-state index contributed by atoms with van der Waals surface area (Å²) in [6.07, 6.45) is 0.861. The fourth-order valence-corrected chi connectivity index (χ4v) is 3.14. The van der Waals surface area contributed by atoms with Crippen molar-refractivity contribution in [3.05, 3.63) is 47.9 Å². The highest BCUT2D eigenvalue weighted by Crippen LogP contribution is 2.35. The minimum absolute atomic E-state index is 0.237. The molecule has 1 aliphatic heterocycles. The Morgan fingerprint density at radius 2 is 1.83 bits per heavy atom. The Hall–Kier alpha value is -3.26. The van der Waals surface area contributed by atoms with Crippen molar-refractivity contribution in [1.82, 2.24) is 15.0 Å². The van der Waals surface area contributed by atoms with Crippen LogP contribution in [0.25, 0.3) is 11.4 Å². The molecule has 0 fully saturated rings. The summed E-state index contributed by atoms with van der Waals surface area (Å²) in [4.78, 5) is 6.63. The van der Waals surface area contributed by atoms with E-state index in [1.54, 1.807) is 14.2 Å². The number of hydrogen-bond acceptors (Lipinski definition) is 8. The molecule has 4 rings (SSSR count). The van der Waals surface area contributed by atoms with Crippen LogP contribution in [0.2, 0.25) is 0 Å². The average molecular weight is 397 g/mol. The quantitative estimate of drug-likeness (QED) is 0.574. The first kappa shape index (κ1) is 19.1. The molecule has 0 atom stereocenters. The fraction of sp³-hybridized carbons (Fsp3) is 0.333.